The van der Waals surface area contributed by atoms with E-state index in [2.05, 4.69) is 25.2 Å². The molecule has 1 aromatic carbocycles. The molecule has 1 saturated heterocycles. The number of pyridine rings is 1. The second-order valence-corrected chi connectivity index (χ2v) is 13.4. The smallest absolute Gasteiger partial charge is 0.259 e. The molecule has 1 aliphatic carbocycles. The molecule has 1 saturated carbocycles. The van der Waals surface area contributed by atoms with Crippen LogP contribution in [0.4, 0.5) is 22.9 Å². The topological polar surface area (TPSA) is 144 Å². The van der Waals surface area contributed by atoms with E-state index in [-0.39, 0.29) is 18.3 Å². The number of nitrogens with one attached hydrogen (secondary N) is 3. The number of amides is 1. The van der Waals surface area contributed by atoms with Gasteiger partial charge in [0, 0.05) is 35.9 Å². The fraction of sp³-hybridized carbons (Fsp3) is 0.538. The van der Waals surface area contributed by atoms with Gasteiger partial charge < -0.3 is 25.7 Å². The van der Waals surface area contributed by atoms with Crippen molar-refractivity contribution in [1.82, 2.24) is 4.98 Å². The molecule has 10 nitrogen and oxygen atoms in total. The molecule has 1 aliphatic heterocycles. The average molecular weight is 564 g/mol. The van der Waals surface area contributed by atoms with Crippen LogP contribution >= 0.6 is 11.8 Å². The molecule has 4 rings (SSSR count). The van der Waals surface area contributed by atoms with E-state index in [0.717, 1.165) is 36.5 Å². The quantitative estimate of drug-likeness (QED) is 0.260. The number of piperidine rings is 1. The van der Waals surface area contributed by atoms with E-state index >= 15 is 0 Å². The van der Waals surface area contributed by atoms with E-state index in [9.17, 15) is 18.3 Å². The SMILES string of the molecule is CSc1ccc(NC(=O)c2cnc(NS(=O)(=O)CCO)cc2N2CCC3(CC2)CC3)cc1NC(C)(C)CO. The van der Waals surface area contributed by atoms with Crippen molar-refractivity contribution in [2.75, 3.05) is 58.6 Å². The first-order chi connectivity index (χ1) is 18.0. The number of carbonyl (C=O) groups is 1. The minimum atomic E-state index is -3.76. The molecule has 2 fully saturated rings. The molecule has 2 aromatic rings. The lowest BCUT2D eigenvalue weighted by Crippen LogP contribution is -2.36. The summed E-state index contributed by atoms with van der Waals surface area (Å²) in [6, 6.07) is 7.17. The fourth-order valence-electron chi connectivity index (χ4n) is 4.65. The number of sulfonamides is 1. The van der Waals surface area contributed by atoms with E-state index in [0.29, 0.717) is 22.4 Å². The number of aliphatic hydroxyl groups excluding tert-OH is 2. The molecule has 1 amide bonds. The van der Waals surface area contributed by atoms with Gasteiger partial charge in [0.15, 0.2) is 0 Å². The zero-order valence-corrected chi connectivity index (χ0v) is 23.7. The van der Waals surface area contributed by atoms with Crippen LogP contribution in [0.25, 0.3) is 0 Å². The van der Waals surface area contributed by atoms with Crippen LogP contribution in [0, 0.1) is 5.41 Å². The van der Waals surface area contributed by atoms with Gasteiger partial charge in [-0.15, -0.1) is 11.8 Å². The first-order valence-electron chi connectivity index (χ1n) is 12.7. The van der Waals surface area contributed by atoms with Gasteiger partial charge in [0.2, 0.25) is 10.0 Å². The Morgan fingerprint density at radius 3 is 2.47 bits per heavy atom. The first kappa shape index (κ1) is 28.5. The van der Waals surface area contributed by atoms with E-state index in [1.807, 2.05) is 38.3 Å². The summed E-state index contributed by atoms with van der Waals surface area (Å²) in [5.74, 6) is -0.680. The fourth-order valence-corrected chi connectivity index (χ4v) is 5.96. The van der Waals surface area contributed by atoms with Gasteiger partial charge in [-0.25, -0.2) is 13.4 Å². The highest BCUT2D eigenvalue weighted by Gasteiger charge is 2.44. The Kier molecular flexibility index (Phi) is 8.46. The summed E-state index contributed by atoms with van der Waals surface area (Å²) in [6.45, 7) is 4.78. The number of aliphatic hydroxyl groups is 2. The van der Waals surface area contributed by atoms with Crippen molar-refractivity contribution in [2.45, 2.75) is 50.0 Å². The van der Waals surface area contributed by atoms with E-state index in [1.165, 1.54) is 19.0 Å². The molecule has 1 spiro atoms. The number of carbonyl (C=O) groups excluding carboxylic acids is 1. The molecule has 0 bridgehead atoms. The van der Waals surface area contributed by atoms with Gasteiger partial charge in [-0.2, -0.15) is 0 Å². The predicted molar refractivity (Wildman–Crippen MR) is 153 cm³/mol. The van der Waals surface area contributed by atoms with Gasteiger partial charge in [0.05, 0.1) is 41.4 Å². The lowest BCUT2D eigenvalue weighted by molar-refractivity contribution is 0.102. The third-order valence-corrected chi connectivity index (χ3v) is 9.23. The highest BCUT2D eigenvalue weighted by molar-refractivity contribution is 7.98. The maximum Gasteiger partial charge on any atom is 0.259 e. The van der Waals surface area contributed by atoms with Crippen molar-refractivity contribution >= 4 is 50.6 Å². The van der Waals surface area contributed by atoms with Crippen LogP contribution < -0.4 is 20.3 Å². The van der Waals surface area contributed by atoms with Crippen LogP contribution in [0.1, 0.15) is 49.9 Å². The zero-order valence-electron chi connectivity index (χ0n) is 22.1. The molecule has 5 N–H and O–H groups in total. The number of aromatic nitrogens is 1. The molecule has 12 heteroatoms. The number of thioether (sulfide) groups is 1. The summed E-state index contributed by atoms with van der Waals surface area (Å²) in [6.07, 6.45) is 7.91. The van der Waals surface area contributed by atoms with Crippen molar-refractivity contribution in [1.29, 1.82) is 0 Å². The Labute approximate surface area is 228 Å². The highest BCUT2D eigenvalue weighted by Crippen LogP contribution is 2.54. The minimum absolute atomic E-state index is 0.0576. The summed E-state index contributed by atoms with van der Waals surface area (Å²) in [5.41, 5.74) is 2.24. The number of anilines is 4. The van der Waals surface area contributed by atoms with E-state index in [1.54, 1.807) is 17.8 Å². The van der Waals surface area contributed by atoms with Gasteiger partial charge in [0.1, 0.15) is 5.82 Å². The second-order valence-electron chi connectivity index (χ2n) is 10.8. The van der Waals surface area contributed by atoms with Crippen molar-refractivity contribution in [3.05, 3.63) is 36.0 Å². The van der Waals surface area contributed by atoms with Crippen molar-refractivity contribution < 1.29 is 23.4 Å². The third-order valence-electron chi connectivity index (χ3n) is 7.19. The molecule has 2 aliphatic rings. The van der Waals surface area contributed by atoms with Gasteiger partial charge >= 0.3 is 0 Å². The van der Waals surface area contributed by atoms with Crippen molar-refractivity contribution in [3.8, 4) is 0 Å². The van der Waals surface area contributed by atoms with Gasteiger partial charge in [0.25, 0.3) is 5.91 Å². The normalized spacial score (nSPS) is 16.8. The lowest BCUT2D eigenvalue weighted by atomic mass is 9.93. The maximum atomic E-state index is 13.5. The molecular formula is C26H37N5O5S2. The number of benzene rings is 1. The largest absolute Gasteiger partial charge is 0.395 e. The average Bonchev–Trinajstić information content (AvgIpc) is 3.62. The number of hydrogen-bond acceptors (Lipinski definition) is 9. The second kappa shape index (κ2) is 11.3. The molecule has 0 atom stereocenters. The Balaban J connectivity index is 1.61. The standard InChI is InChI=1S/C26H37N5O5S2/c1-25(2,17-33)29-20-14-18(4-5-22(20)37-3)28-24(34)19-16-27-23(30-38(35,36)13-12-32)15-21(19)31-10-8-26(6-7-26)9-11-31/h4-5,14-16,29,32-33H,6-13,17H2,1-3H3,(H,27,30)(H,28,34). The predicted octanol–water partition coefficient (Wildman–Crippen LogP) is 3.35. The third kappa shape index (κ3) is 6.90. The zero-order chi connectivity index (χ0) is 27.6. The molecule has 208 valence electrons. The van der Waals surface area contributed by atoms with Crippen molar-refractivity contribution in [2.24, 2.45) is 5.41 Å². The van der Waals surface area contributed by atoms with Crippen LogP contribution in [0.2, 0.25) is 0 Å². The molecule has 38 heavy (non-hydrogen) atoms. The van der Waals surface area contributed by atoms with Gasteiger partial charge in [-0.05, 0) is 69.4 Å². The van der Waals surface area contributed by atoms with Crippen LogP contribution in [-0.4, -0.2) is 73.4 Å². The monoisotopic (exact) mass is 563 g/mol. The minimum Gasteiger partial charge on any atom is -0.395 e. The Bertz CT molecular complexity index is 1270. The highest BCUT2D eigenvalue weighted by atomic mass is 32.2. The summed E-state index contributed by atoms with van der Waals surface area (Å²) in [7, 11) is -3.76. The van der Waals surface area contributed by atoms with Crippen molar-refractivity contribution in [3.63, 3.8) is 0 Å². The molecule has 0 unspecified atom stereocenters. The van der Waals surface area contributed by atoms with Crippen LogP contribution in [-0.2, 0) is 10.0 Å². The van der Waals surface area contributed by atoms with Crippen LogP contribution in [0.5, 0.6) is 0 Å². The Morgan fingerprint density at radius 1 is 1.16 bits per heavy atom. The molecular weight excluding hydrogens is 526 g/mol. The molecule has 1 aromatic heterocycles. The summed E-state index contributed by atoms with van der Waals surface area (Å²) in [4.78, 5) is 20.8. The first-order valence-corrected chi connectivity index (χ1v) is 15.6. The Hall–Kier alpha value is -2.54. The van der Waals surface area contributed by atoms with Gasteiger partial charge in [-0.1, -0.05) is 0 Å². The maximum absolute atomic E-state index is 13.5. The number of nitrogens with zero attached hydrogens (tertiary/aromatic N) is 2. The summed E-state index contributed by atoms with van der Waals surface area (Å²) < 4.78 is 26.8. The number of hydrogen-bond donors (Lipinski definition) is 5. The van der Waals surface area contributed by atoms with Crippen LogP contribution in [0.15, 0.2) is 35.4 Å². The van der Waals surface area contributed by atoms with Gasteiger partial charge in [-0.3, -0.25) is 9.52 Å². The summed E-state index contributed by atoms with van der Waals surface area (Å²) in [5, 5.41) is 25.0. The number of rotatable bonds is 11. The molecule has 0 radical (unpaired) electrons. The molecule has 2 heterocycles. The van der Waals surface area contributed by atoms with E-state index < -0.39 is 27.9 Å². The van der Waals surface area contributed by atoms with Crippen LogP contribution in [0.3, 0.4) is 0 Å². The Morgan fingerprint density at radius 2 is 1.87 bits per heavy atom. The lowest BCUT2D eigenvalue weighted by Gasteiger charge is -2.35. The summed E-state index contributed by atoms with van der Waals surface area (Å²) >= 11 is 1.56. The van der Waals surface area contributed by atoms with E-state index in [4.69, 9.17) is 5.11 Å².